The van der Waals surface area contributed by atoms with Crippen LogP contribution in [0.4, 0.5) is 5.82 Å². The van der Waals surface area contributed by atoms with E-state index in [0.717, 1.165) is 30.9 Å². The van der Waals surface area contributed by atoms with Crippen molar-refractivity contribution in [2.24, 2.45) is 28.7 Å². The van der Waals surface area contributed by atoms with Crippen LogP contribution < -0.4 is 15.5 Å². The number of fused-ring (bicyclic) bond motifs is 5. The summed E-state index contributed by atoms with van der Waals surface area (Å²) in [4.78, 5) is 37.9. The number of nitrogens with zero attached hydrogens (tertiary/aromatic N) is 4. The van der Waals surface area contributed by atoms with Gasteiger partial charge in [-0.2, -0.15) is 0 Å². The highest BCUT2D eigenvalue weighted by molar-refractivity contribution is 6.06. The second-order valence-electron chi connectivity index (χ2n) is 8.38. The summed E-state index contributed by atoms with van der Waals surface area (Å²) in [5, 5.41) is 6.47. The average molecular weight is 425 g/mol. The monoisotopic (exact) mass is 424 g/mol. The number of amides is 2. The lowest BCUT2D eigenvalue weighted by atomic mass is 9.85. The van der Waals surface area contributed by atoms with Gasteiger partial charge in [0.1, 0.15) is 5.82 Å². The first-order valence-corrected chi connectivity index (χ1v) is 11.2. The van der Waals surface area contributed by atoms with Gasteiger partial charge in [-0.05, 0) is 43.7 Å². The van der Waals surface area contributed by atoms with Crippen molar-refractivity contribution < 1.29 is 9.59 Å². The number of aliphatic imine (C=N–C) groups is 1. The predicted molar refractivity (Wildman–Crippen MR) is 120 cm³/mol. The number of carbonyl (C=O) groups excluding carboxylic acids is 2. The SMILES string of the molecule is CCN(CC)c1ccc(CNC(=NC)NCCN2C(=O)C3C4C=CC(C4)C3C2=O)cn1. The molecule has 166 valence electrons. The Bertz CT molecular complexity index is 847. The fourth-order valence-electron chi connectivity index (χ4n) is 5.13. The van der Waals surface area contributed by atoms with Crippen molar-refractivity contribution in [1.29, 1.82) is 0 Å². The Morgan fingerprint density at radius 2 is 1.81 bits per heavy atom. The van der Waals surface area contributed by atoms with Gasteiger partial charge in [0.05, 0.1) is 11.8 Å². The molecule has 4 unspecified atom stereocenters. The molecule has 2 amide bonds. The average Bonchev–Trinajstić information content (AvgIpc) is 3.47. The van der Waals surface area contributed by atoms with Gasteiger partial charge in [0, 0.05) is 46.0 Å². The topological polar surface area (TPSA) is 89.9 Å². The summed E-state index contributed by atoms with van der Waals surface area (Å²) in [7, 11) is 1.71. The number of imide groups is 1. The van der Waals surface area contributed by atoms with Crippen LogP contribution in [0.25, 0.3) is 0 Å². The highest BCUT2D eigenvalue weighted by Crippen LogP contribution is 2.52. The molecule has 2 heterocycles. The van der Waals surface area contributed by atoms with Crippen molar-refractivity contribution in [3.8, 4) is 0 Å². The van der Waals surface area contributed by atoms with Gasteiger partial charge in [-0.15, -0.1) is 0 Å². The standard InChI is InChI=1S/C23H32N6O2/c1-4-28(5-2)18-9-6-15(13-26-18)14-27-23(24-3)25-10-11-29-21(30)19-16-7-8-17(12-16)20(19)22(29)31/h6-9,13,16-17,19-20H,4-5,10-12,14H2,1-3H3,(H2,24,25,27). The lowest BCUT2D eigenvalue weighted by Crippen LogP contribution is -2.43. The summed E-state index contributed by atoms with van der Waals surface area (Å²) in [5.41, 5.74) is 1.06. The zero-order valence-electron chi connectivity index (χ0n) is 18.5. The molecule has 1 saturated carbocycles. The number of hydrogen-bond donors (Lipinski definition) is 2. The van der Waals surface area contributed by atoms with Crippen molar-refractivity contribution in [2.75, 3.05) is 38.1 Å². The number of likely N-dealkylation sites (tertiary alicyclic amines) is 1. The third kappa shape index (κ3) is 4.03. The van der Waals surface area contributed by atoms with Crippen LogP contribution >= 0.6 is 0 Å². The Balaban J connectivity index is 1.24. The van der Waals surface area contributed by atoms with Crippen LogP contribution in [-0.2, 0) is 16.1 Å². The van der Waals surface area contributed by atoms with E-state index in [4.69, 9.17) is 0 Å². The molecule has 1 aromatic rings. The Labute approximate surface area is 183 Å². The van der Waals surface area contributed by atoms with Gasteiger partial charge >= 0.3 is 0 Å². The minimum absolute atomic E-state index is 0.00374. The highest BCUT2D eigenvalue weighted by atomic mass is 16.2. The Hall–Kier alpha value is -2.90. The second-order valence-corrected chi connectivity index (χ2v) is 8.38. The zero-order valence-corrected chi connectivity index (χ0v) is 18.5. The molecule has 2 bridgehead atoms. The van der Waals surface area contributed by atoms with E-state index in [-0.39, 0.29) is 35.5 Å². The molecule has 4 atom stereocenters. The molecule has 8 nitrogen and oxygen atoms in total. The maximum absolute atomic E-state index is 12.7. The molecule has 1 aromatic heterocycles. The molecule has 3 aliphatic rings. The zero-order chi connectivity index (χ0) is 22.0. The van der Waals surface area contributed by atoms with E-state index in [2.05, 4.69) is 57.6 Å². The lowest BCUT2D eigenvalue weighted by molar-refractivity contribution is -0.140. The number of hydrogen-bond acceptors (Lipinski definition) is 5. The van der Waals surface area contributed by atoms with E-state index in [1.807, 2.05) is 12.3 Å². The van der Waals surface area contributed by atoms with Crippen LogP contribution in [-0.4, -0.2) is 60.9 Å². The molecule has 0 radical (unpaired) electrons. The minimum Gasteiger partial charge on any atom is -0.357 e. The van der Waals surface area contributed by atoms with Crippen LogP contribution in [0.3, 0.4) is 0 Å². The molecule has 1 aliphatic heterocycles. The normalized spacial score (nSPS) is 26.5. The summed E-state index contributed by atoms with van der Waals surface area (Å²) < 4.78 is 0. The van der Waals surface area contributed by atoms with Crippen LogP contribution in [0.5, 0.6) is 0 Å². The molecule has 2 aliphatic carbocycles. The molecule has 8 heteroatoms. The van der Waals surface area contributed by atoms with E-state index in [9.17, 15) is 9.59 Å². The molecule has 31 heavy (non-hydrogen) atoms. The predicted octanol–water partition coefficient (Wildman–Crippen LogP) is 1.40. The van der Waals surface area contributed by atoms with Gasteiger partial charge in [0.2, 0.25) is 11.8 Å². The van der Waals surface area contributed by atoms with Crippen molar-refractivity contribution >= 4 is 23.6 Å². The van der Waals surface area contributed by atoms with Gasteiger partial charge in [-0.3, -0.25) is 19.5 Å². The van der Waals surface area contributed by atoms with Crippen molar-refractivity contribution in [3.63, 3.8) is 0 Å². The van der Waals surface area contributed by atoms with Crippen LogP contribution in [0.1, 0.15) is 25.8 Å². The number of allylic oxidation sites excluding steroid dienone is 2. The van der Waals surface area contributed by atoms with Gasteiger partial charge in [0.25, 0.3) is 0 Å². The summed E-state index contributed by atoms with van der Waals surface area (Å²) in [6.07, 6.45) is 7.07. The van der Waals surface area contributed by atoms with Gasteiger partial charge in [-0.1, -0.05) is 18.2 Å². The number of carbonyl (C=O) groups is 2. The Morgan fingerprint density at radius 1 is 1.13 bits per heavy atom. The lowest BCUT2D eigenvalue weighted by Gasteiger charge is -2.20. The number of anilines is 1. The summed E-state index contributed by atoms with van der Waals surface area (Å²) in [6.45, 7) is 7.52. The third-order valence-electron chi connectivity index (χ3n) is 6.77. The fraction of sp³-hybridized carbons (Fsp3) is 0.565. The van der Waals surface area contributed by atoms with Crippen LogP contribution in [0, 0.1) is 23.7 Å². The van der Waals surface area contributed by atoms with Crippen molar-refractivity contribution in [1.82, 2.24) is 20.5 Å². The molecule has 2 fully saturated rings. The van der Waals surface area contributed by atoms with Crippen LogP contribution in [0.2, 0.25) is 0 Å². The molecule has 4 rings (SSSR count). The smallest absolute Gasteiger partial charge is 0.233 e. The number of pyridine rings is 1. The molecule has 0 aromatic carbocycles. The maximum Gasteiger partial charge on any atom is 0.233 e. The van der Waals surface area contributed by atoms with Gasteiger partial charge in [0.15, 0.2) is 5.96 Å². The third-order valence-corrected chi connectivity index (χ3v) is 6.77. The van der Waals surface area contributed by atoms with Gasteiger partial charge < -0.3 is 15.5 Å². The van der Waals surface area contributed by atoms with E-state index >= 15 is 0 Å². The largest absolute Gasteiger partial charge is 0.357 e. The number of guanidine groups is 1. The maximum atomic E-state index is 12.7. The first-order valence-electron chi connectivity index (χ1n) is 11.2. The fourth-order valence-corrected chi connectivity index (χ4v) is 5.13. The molecular formula is C23H32N6O2. The quantitative estimate of drug-likeness (QED) is 0.284. The summed E-state index contributed by atoms with van der Waals surface area (Å²) in [6, 6.07) is 4.09. The molecule has 0 spiro atoms. The van der Waals surface area contributed by atoms with Gasteiger partial charge in [-0.25, -0.2) is 4.98 Å². The van der Waals surface area contributed by atoms with Crippen LogP contribution in [0.15, 0.2) is 35.5 Å². The van der Waals surface area contributed by atoms with E-state index in [1.54, 1.807) is 7.05 Å². The van der Waals surface area contributed by atoms with Crippen molar-refractivity contribution in [2.45, 2.75) is 26.8 Å². The Kier molecular flexibility index (Phi) is 6.25. The van der Waals surface area contributed by atoms with Crippen molar-refractivity contribution in [3.05, 3.63) is 36.0 Å². The summed E-state index contributed by atoms with van der Waals surface area (Å²) in [5.74, 6) is 1.84. The Morgan fingerprint density at radius 3 is 2.35 bits per heavy atom. The van der Waals surface area contributed by atoms with E-state index < -0.39 is 0 Å². The number of nitrogens with one attached hydrogen (secondary N) is 2. The van der Waals surface area contributed by atoms with E-state index in [0.29, 0.717) is 25.6 Å². The first kappa shape index (κ1) is 21.3. The first-order chi connectivity index (χ1) is 15.1. The number of aromatic nitrogens is 1. The number of rotatable bonds is 8. The molecule has 1 saturated heterocycles. The highest BCUT2D eigenvalue weighted by Gasteiger charge is 2.58. The second kappa shape index (κ2) is 9.08. The molecular weight excluding hydrogens is 392 g/mol. The minimum atomic E-state index is -0.133. The summed E-state index contributed by atoms with van der Waals surface area (Å²) >= 11 is 0. The van der Waals surface area contributed by atoms with E-state index in [1.165, 1.54) is 4.90 Å². The molecule has 2 N–H and O–H groups in total.